The van der Waals surface area contributed by atoms with Crippen LogP contribution in [0, 0.1) is 5.82 Å². The fourth-order valence-electron chi connectivity index (χ4n) is 3.48. The van der Waals surface area contributed by atoms with Crippen LogP contribution >= 0.6 is 0 Å². The van der Waals surface area contributed by atoms with Crippen molar-refractivity contribution in [1.29, 1.82) is 0 Å². The Kier molecular flexibility index (Phi) is 6.65. The van der Waals surface area contributed by atoms with Crippen molar-refractivity contribution < 1.29 is 23.5 Å². The van der Waals surface area contributed by atoms with Crippen molar-refractivity contribution in [3.63, 3.8) is 0 Å². The lowest BCUT2D eigenvalue weighted by molar-refractivity contribution is -0.124. The van der Waals surface area contributed by atoms with Gasteiger partial charge in [0.25, 0.3) is 5.91 Å². The van der Waals surface area contributed by atoms with Gasteiger partial charge in [-0.1, -0.05) is 42.5 Å². The molecule has 3 aromatic rings. The van der Waals surface area contributed by atoms with Crippen LogP contribution in [0.3, 0.4) is 0 Å². The van der Waals surface area contributed by atoms with E-state index in [-0.39, 0.29) is 30.8 Å². The molecule has 2 amide bonds. The SMILES string of the molecule is O=C1CCc2cc(OCC(=O)N[C@H](COc3ccccc3F)c3ccccc3)ccc2N1. The van der Waals surface area contributed by atoms with Gasteiger partial charge in [0.2, 0.25) is 5.91 Å². The van der Waals surface area contributed by atoms with Gasteiger partial charge in [0.1, 0.15) is 12.4 Å². The molecule has 0 saturated carbocycles. The summed E-state index contributed by atoms with van der Waals surface area (Å²) in [7, 11) is 0. The van der Waals surface area contributed by atoms with Crippen LogP contribution in [0.5, 0.6) is 11.5 Å². The van der Waals surface area contributed by atoms with Crippen LogP contribution in [-0.4, -0.2) is 25.0 Å². The molecule has 0 fully saturated rings. The lowest BCUT2D eigenvalue weighted by Gasteiger charge is -2.21. The van der Waals surface area contributed by atoms with Crippen LogP contribution in [-0.2, 0) is 16.0 Å². The molecule has 1 atom stereocenters. The number of fused-ring (bicyclic) bond motifs is 1. The molecule has 0 aromatic heterocycles. The highest BCUT2D eigenvalue weighted by Gasteiger charge is 2.18. The number of hydrogen-bond acceptors (Lipinski definition) is 4. The van der Waals surface area contributed by atoms with Crippen molar-refractivity contribution in [1.82, 2.24) is 5.32 Å². The van der Waals surface area contributed by atoms with Gasteiger partial charge in [-0.15, -0.1) is 0 Å². The van der Waals surface area contributed by atoms with E-state index < -0.39 is 11.9 Å². The number of nitrogens with one attached hydrogen (secondary N) is 2. The van der Waals surface area contributed by atoms with Gasteiger partial charge < -0.3 is 20.1 Å². The molecule has 32 heavy (non-hydrogen) atoms. The molecular weight excluding hydrogens is 411 g/mol. The highest BCUT2D eigenvalue weighted by atomic mass is 19.1. The van der Waals surface area contributed by atoms with Crippen molar-refractivity contribution in [3.05, 3.63) is 89.7 Å². The van der Waals surface area contributed by atoms with Crippen molar-refractivity contribution in [2.75, 3.05) is 18.5 Å². The number of amides is 2. The smallest absolute Gasteiger partial charge is 0.258 e. The van der Waals surface area contributed by atoms with Gasteiger partial charge in [-0.3, -0.25) is 9.59 Å². The van der Waals surface area contributed by atoms with E-state index in [1.54, 1.807) is 30.3 Å². The Balaban J connectivity index is 1.38. The molecule has 6 nitrogen and oxygen atoms in total. The van der Waals surface area contributed by atoms with Crippen LogP contribution in [0.4, 0.5) is 10.1 Å². The second-order valence-electron chi connectivity index (χ2n) is 7.43. The molecule has 0 unspecified atom stereocenters. The quantitative estimate of drug-likeness (QED) is 0.561. The van der Waals surface area contributed by atoms with Crippen LogP contribution in [0.2, 0.25) is 0 Å². The third-order valence-corrected chi connectivity index (χ3v) is 5.12. The van der Waals surface area contributed by atoms with Crippen molar-refractivity contribution in [3.8, 4) is 11.5 Å². The van der Waals surface area contributed by atoms with Gasteiger partial charge >= 0.3 is 0 Å². The summed E-state index contributed by atoms with van der Waals surface area (Å²) in [6, 6.07) is 20.3. The van der Waals surface area contributed by atoms with Crippen molar-refractivity contribution in [2.24, 2.45) is 0 Å². The van der Waals surface area contributed by atoms with E-state index in [9.17, 15) is 14.0 Å². The molecule has 0 bridgehead atoms. The molecule has 1 heterocycles. The summed E-state index contributed by atoms with van der Waals surface area (Å²) in [5, 5.41) is 5.71. The molecule has 1 aliphatic rings. The number of hydrogen-bond donors (Lipinski definition) is 2. The number of benzene rings is 3. The number of rotatable bonds is 8. The maximum Gasteiger partial charge on any atom is 0.258 e. The Bertz CT molecular complexity index is 1100. The second kappa shape index (κ2) is 9.96. The minimum atomic E-state index is -0.481. The Labute approximate surface area is 185 Å². The zero-order valence-corrected chi connectivity index (χ0v) is 17.3. The summed E-state index contributed by atoms with van der Waals surface area (Å²) in [6.07, 6.45) is 1.06. The largest absolute Gasteiger partial charge is 0.488 e. The highest BCUT2D eigenvalue weighted by molar-refractivity contribution is 5.94. The number of halogens is 1. The van der Waals surface area contributed by atoms with E-state index >= 15 is 0 Å². The minimum Gasteiger partial charge on any atom is -0.488 e. The van der Waals surface area contributed by atoms with Crippen LogP contribution in [0.1, 0.15) is 23.6 Å². The lowest BCUT2D eigenvalue weighted by Crippen LogP contribution is -2.35. The average Bonchev–Trinajstić information content (AvgIpc) is 2.82. The third kappa shape index (κ3) is 5.43. The average molecular weight is 434 g/mol. The zero-order chi connectivity index (χ0) is 22.3. The number of carbonyl (C=O) groups is 2. The Morgan fingerprint density at radius 3 is 2.59 bits per heavy atom. The van der Waals surface area contributed by atoms with Crippen LogP contribution in [0.25, 0.3) is 0 Å². The van der Waals surface area contributed by atoms with Crippen LogP contribution in [0.15, 0.2) is 72.8 Å². The maximum atomic E-state index is 13.9. The molecule has 0 radical (unpaired) electrons. The lowest BCUT2D eigenvalue weighted by atomic mass is 10.0. The van der Waals surface area contributed by atoms with Gasteiger partial charge in [-0.05, 0) is 47.9 Å². The molecule has 0 saturated heterocycles. The number of carbonyl (C=O) groups excluding carboxylic acids is 2. The molecule has 0 spiro atoms. The van der Waals surface area contributed by atoms with Gasteiger partial charge in [-0.25, -0.2) is 4.39 Å². The molecule has 1 aliphatic heterocycles. The standard InChI is InChI=1S/C25H23FN2O4/c26-20-8-4-5-9-23(20)32-15-22(17-6-2-1-3-7-17)28-25(30)16-31-19-11-12-21-18(14-19)10-13-24(29)27-21/h1-9,11-12,14,22H,10,13,15-16H2,(H,27,29)(H,28,30)/t22-/m1/s1. The fourth-order valence-corrected chi connectivity index (χ4v) is 3.48. The highest BCUT2D eigenvalue weighted by Crippen LogP contribution is 2.27. The first kappa shape index (κ1) is 21.4. The van der Waals surface area contributed by atoms with E-state index in [0.717, 1.165) is 16.8 Å². The Morgan fingerprint density at radius 2 is 1.78 bits per heavy atom. The van der Waals surface area contributed by atoms with Gasteiger partial charge in [0.15, 0.2) is 18.2 Å². The van der Waals surface area contributed by atoms with Crippen molar-refractivity contribution in [2.45, 2.75) is 18.9 Å². The van der Waals surface area contributed by atoms with E-state index in [4.69, 9.17) is 9.47 Å². The first-order valence-corrected chi connectivity index (χ1v) is 10.4. The summed E-state index contributed by atoms with van der Waals surface area (Å²) in [5.41, 5.74) is 2.58. The first-order chi connectivity index (χ1) is 15.6. The summed E-state index contributed by atoms with van der Waals surface area (Å²) < 4.78 is 25.2. The molecule has 7 heteroatoms. The minimum absolute atomic E-state index is 0.00453. The summed E-state index contributed by atoms with van der Waals surface area (Å²) in [6.45, 7) is -0.122. The van der Waals surface area contributed by atoms with Crippen molar-refractivity contribution >= 4 is 17.5 Å². The van der Waals surface area contributed by atoms with Gasteiger partial charge in [0, 0.05) is 12.1 Å². The molecule has 4 rings (SSSR count). The number of para-hydroxylation sites is 1. The Morgan fingerprint density at radius 1 is 1.00 bits per heavy atom. The molecule has 0 aliphatic carbocycles. The van der Waals surface area contributed by atoms with E-state index in [1.807, 2.05) is 36.4 Å². The number of anilines is 1. The third-order valence-electron chi connectivity index (χ3n) is 5.12. The summed E-state index contributed by atoms with van der Waals surface area (Å²) >= 11 is 0. The zero-order valence-electron chi connectivity index (χ0n) is 17.3. The van der Waals surface area contributed by atoms with Crippen LogP contribution < -0.4 is 20.1 Å². The molecule has 2 N–H and O–H groups in total. The van der Waals surface area contributed by atoms with Gasteiger partial charge in [-0.2, -0.15) is 0 Å². The predicted molar refractivity (Wildman–Crippen MR) is 118 cm³/mol. The molecule has 164 valence electrons. The summed E-state index contributed by atoms with van der Waals surface area (Å²) in [5.74, 6) is -0.122. The molecule has 3 aromatic carbocycles. The number of ether oxygens (including phenoxy) is 2. The van der Waals surface area contributed by atoms with E-state index in [1.165, 1.54) is 6.07 Å². The normalized spacial score (nSPS) is 13.5. The fraction of sp³-hybridized carbons (Fsp3) is 0.200. The number of aryl methyl sites for hydroxylation is 1. The van der Waals surface area contributed by atoms with E-state index in [0.29, 0.717) is 18.6 Å². The predicted octanol–water partition coefficient (Wildman–Crippen LogP) is 4.03. The monoisotopic (exact) mass is 434 g/mol. The van der Waals surface area contributed by atoms with Gasteiger partial charge in [0.05, 0.1) is 6.04 Å². The second-order valence-corrected chi connectivity index (χ2v) is 7.43. The molecular formula is C25H23FN2O4. The first-order valence-electron chi connectivity index (χ1n) is 10.4. The van der Waals surface area contributed by atoms with E-state index in [2.05, 4.69) is 10.6 Å². The topological polar surface area (TPSA) is 76.7 Å². The Hall–Kier alpha value is -3.87. The summed E-state index contributed by atoms with van der Waals surface area (Å²) in [4.78, 5) is 24.1. The maximum absolute atomic E-state index is 13.9.